The minimum Gasteiger partial charge on any atom is -0.378 e. The number of benzene rings is 1. The number of rotatable bonds is 3. The molecule has 1 aromatic rings. The van der Waals surface area contributed by atoms with Crippen LogP contribution in [0.5, 0.6) is 0 Å². The molecular weight excluding hydrogens is 285 g/mol. The van der Waals surface area contributed by atoms with E-state index in [2.05, 4.69) is 15.5 Å². The molecule has 2 unspecified atom stereocenters. The van der Waals surface area contributed by atoms with E-state index in [1.807, 2.05) is 12.1 Å². The van der Waals surface area contributed by atoms with Gasteiger partial charge in [-0.3, -0.25) is 4.90 Å². The topological polar surface area (TPSA) is 53.6 Å². The highest BCUT2D eigenvalue weighted by Gasteiger charge is 2.39. The number of carbonyl (C=O) groups excluding carboxylic acids is 1. The molecule has 2 aliphatic heterocycles. The number of halogens is 1. The number of morpholine rings is 1. The third-order valence-corrected chi connectivity index (χ3v) is 4.51. The van der Waals surface area contributed by atoms with Crippen molar-refractivity contribution in [2.24, 2.45) is 0 Å². The summed E-state index contributed by atoms with van der Waals surface area (Å²) in [6, 6.07) is 7.31. The van der Waals surface area contributed by atoms with Crippen LogP contribution < -0.4 is 10.6 Å². The number of carbonyl (C=O) groups is 1. The van der Waals surface area contributed by atoms with Crippen LogP contribution in [0.1, 0.15) is 18.4 Å². The van der Waals surface area contributed by atoms with Crippen LogP contribution >= 0.6 is 0 Å². The van der Waals surface area contributed by atoms with Gasteiger partial charge in [0.1, 0.15) is 5.82 Å². The van der Waals surface area contributed by atoms with Gasteiger partial charge >= 0.3 is 6.03 Å². The van der Waals surface area contributed by atoms with Crippen molar-refractivity contribution in [2.75, 3.05) is 20.3 Å². The molecule has 0 aromatic heterocycles. The molecule has 2 N–H and O–H groups in total. The highest BCUT2D eigenvalue weighted by atomic mass is 19.1. The highest BCUT2D eigenvalue weighted by Crippen LogP contribution is 2.29. The number of amides is 2. The predicted molar refractivity (Wildman–Crippen MR) is 81.0 cm³/mol. The van der Waals surface area contributed by atoms with Crippen molar-refractivity contribution in [1.29, 1.82) is 0 Å². The summed E-state index contributed by atoms with van der Waals surface area (Å²) in [5.74, 6) is -0.208. The Bertz CT molecular complexity index is 509. The lowest BCUT2D eigenvalue weighted by molar-refractivity contribution is -0.0840. The molecule has 22 heavy (non-hydrogen) atoms. The Hall–Kier alpha value is -1.66. The Morgan fingerprint density at radius 1 is 1.27 bits per heavy atom. The summed E-state index contributed by atoms with van der Waals surface area (Å²) >= 11 is 0. The standard InChI is InChI=1S/C16H22FN3O2/c1-18-16(21)19-13-6-14-9-22-10-15(7-13)20(14)8-11-2-4-12(17)5-3-11/h2-5,13-15H,6-10H2,1H3,(H2,18,19,21). The van der Waals surface area contributed by atoms with E-state index < -0.39 is 0 Å². The summed E-state index contributed by atoms with van der Waals surface area (Å²) in [4.78, 5) is 13.9. The van der Waals surface area contributed by atoms with Gasteiger partial charge in [-0.15, -0.1) is 0 Å². The first-order valence-electron chi connectivity index (χ1n) is 7.72. The number of hydrogen-bond donors (Lipinski definition) is 2. The number of nitrogens with zero attached hydrogens (tertiary/aromatic N) is 1. The van der Waals surface area contributed by atoms with Gasteiger partial charge < -0.3 is 15.4 Å². The SMILES string of the molecule is CNC(=O)NC1CC2COCC(C1)N2Cc1ccc(F)cc1. The number of nitrogens with one attached hydrogen (secondary N) is 2. The molecule has 0 spiro atoms. The Balaban J connectivity index is 1.66. The fourth-order valence-corrected chi connectivity index (χ4v) is 3.42. The highest BCUT2D eigenvalue weighted by molar-refractivity contribution is 5.73. The Labute approximate surface area is 129 Å². The predicted octanol–water partition coefficient (Wildman–Crippen LogP) is 1.49. The molecule has 5 nitrogen and oxygen atoms in total. The van der Waals surface area contributed by atoms with E-state index in [9.17, 15) is 9.18 Å². The average Bonchev–Trinajstić information content (AvgIpc) is 2.50. The van der Waals surface area contributed by atoms with Crippen molar-refractivity contribution < 1.29 is 13.9 Å². The maximum Gasteiger partial charge on any atom is 0.314 e. The normalized spacial score (nSPS) is 28.2. The first-order chi connectivity index (χ1) is 10.7. The van der Waals surface area contributed by atoms with E-state index in [1.165, 1.54) is 12.1 Å². The second kappa shape index (κ2) is 6.62. The summed E-state index contributed by atoms with van der Waals surface area (Å²) in [7, 11) is 1.63. The van der Waals surface area contributed by atoms with Crippen LogP contribution in [0.15, 0.2) is 24.3 Å². The van der Waals surface area contributed by atoms with Crippen LogP contribution in [-0.4, -0.2) is 49.3 Å². The van der Waals surface area contributed by atoms with Crippen molar-refractivity contribution >= 4 is 6.03 Å². The van der Waals surface area contributed by atoms with Gasteiger partial charge in [-0.2, -0.15) is 0 Å². The third-order valence-electron chi connectivity index (χ3n) is 4.51. The minimum atomic E-state index is -0.208. The van der Waals surface area contributed by atoms with Crippen LogP contribution in [-0.2, 0) is 11.3 Å². The van der Waals surface area contributed by atoms with Crippen molar-refractivity contribution in [1.82, 2.24) is 15.5 Å². The number of hydrogen-bond acceptors (Lipinski definition) is 3. The Kier molecular flexibility index (Phi) is 4.59. The van der Waals surface area contributed by atoms with E-state index in [1.54, 1.807) is 7.05 Å². The summed E-state index contributed by atoms with van der Waals surface area (Å²) in [5.41, 5.74) is 1.11. The zero-order chi connectivity index (χ0) is 15.5. The van der Waals surface area contributed by atoms with Gasteiger partial charge in [-0.25, -0.2) is 9.18 Å². The van der Waals surface area contributed by atoms with Crippen LogP contribution in [0.4, 0.5) is 9.18 Å². The second-order valence-corrected chi connectivity index (χ2v) is 6.04. The number of fused-ring (bicyclic) bond motifs is 2. The van der Waals surface area contributed by atoms with Crippen LogP contribution in [0.25, 0.3) is 0 Å². The maximum absolute atomic E-state index is 13.0. The lowest BCUT2D eigenvalue weighted by Crippen LogP contribution is -2.60. The molecule has 0 saturated carbocycles. The molecule has 2 saturated heterocycles. The van der Waals surface area contributed by atoms with Gasteiger partial charge in [0.2, 0.25) is 0 Å². The third kappa shape index (κ3) is 3.39. The molecule has 2 amide bonds. The monoisotopic (exact) mass is 307 g/mol. The van der Waals surface area contributed by atoms with Gasteiger partial charge in [0.05, 0.1) is 13.2 Å². The quantitative estimate of drug-likeness (QED) is 0.889. The minimum absolute atomic E-state index is 0.129. The number of piperidine rings is 1. The van der Waals surface area contributed by atoms with Crippen molar-refractivity contribution in [3.05, 3.63) is 35.6 Å². The van der Waals surface area contributed by atoms with Crippen LogP contribution in [0.3, 0.4) is 0 Å². The molecule has 2 heterocycles. The van der Waals surface area contributed by atoms with E-state index in [-0.39, 0.29) is 17.9 Å². The largest absolute Gasteiger partial charge is 0.378 e. The zero-order valence-electron chi connectivity index (χ0n) is 12.7. The summed E-state index contributed by atoms with van der Waals surface area (Å²) < 4.78 is 18.7. The first kappa shape index (κ1) is 15.2. The van der Waals surface area contributed by atoms with Crippen LogP contribution in [0, 0.1) is 5.82 Å². The number of ether oxygens (including phenoxy) is 1. The van der Waals surface area contributed by atoms with Gasteiger partial charge in [-0.1, -0.05) is 12.1 Å². The fourth-order valence-electron chi connectivity index (χ4n) is 3.42. The fraction of sp³-hybridized carbons (Fsp3) is 0.562. The van der Waals surface area contributed by atoms with Crippen molar-refractivity contribution in [3.8, 4) is 0 Å². The van der Waals surface area contributed by atoms with Gasteiger partial charge in [0, 0.05) is 31.7 Å². The van der Waals surface area contributed by atoms with E-state index in [0.717, 1.165) is 24.9 Å². The van der Waals surface area contributed by atoms with Gasteiger partial charge in [0.25, 0.3) is 0 Å². The maximum atomic E-state index is 13.0. The molecule has 2 aliphatic rings. The summed E-state index contributed by atoms with van der Waals surface area (Å²) in [6.07, 6.45) is 1.76. The summed E-state index contributed by atoms with van der Waals surface area (Å²) in [6.45, 7) is 2.17. The zero-order valence-corrected chi connectivity index (χ0v) is 12.7. The van der Waals surface area contributed by atoms with E-state index >= 15 is 0 Å². The smallest absolute Gasteiger partial charge is 0.314 e. The molecule has 1 aromatic carbocycles. The van der Waals surface area contributed by atoms with Crippen molar-refractivity contribution in [2.45, 2.75) is 37.5 Å². The lowest BCUT2D eigenvalue weighted by atomic mass is 9.89. The van der Waals surface area contributed by atoms with Gasteiger partial charge in [0.15, 0.2) is 0 Å². The summed E-state index contributed by atoms with van der Waals surface area (Å²) in [5, 5.41) is 5.61. The first-order valence-corrected chi connectivity index (χ1v) is 7.72. The Morgan fingerprint density at radius 3 is 2.50 bits per heavy atom. The molecular formula is C16H22FN3O2. The molecule has 6 heteroatoms. The molecule has 2 fully saturated rings. The molecule has 0 aliphatic carbocycles. The van der Waals surface area contributed by atoms with E-state index in [0.29, 0.717) is 25.3 Å². The second-order valence-electron chi connectivity index (χ2n) is 6.04. The molecule has 3 rings (SSSR count). The van der Waals surface area contributed by atoms with Gasteiger partial charge in [-0.05, 0) is 30.5 Å². The number of urea groups is 1. The molecule has 0 radical (unpaired) electrons. The lowest BCUT2D eigenvalue weighted by Gasteiger charge is -2.48. The Morgan fingerprint density at radius 2 is 1.91 bits per heavy atom. The van der Waals surface area contributed by atoms with Crippen molar-refractivity contribution in [3.63, 3.8) is 0 Å². The molecule has 2 bridgehead atoms. The van der Waals surface area contributed by atoms with Crippen LogP contribution in [0.2, 0.25) is 0 Å². The average molecular weight is 307 g/mol. The molecule has 120 valence electrons. The molecule has 2 atom stereocenters. The van der Waals surface area contributed by atoms with E-state index in [4.69, 9.17) is 4.74 Å².